The number of hydrogen-bond acceptors (Lipinski definition) is 4. The summed E-state index contributed by atoms with van der Waals surface area (Å²) < 4.78 is 6.68. The smallest absolute Gasteiger partial charge is 0.0916 e. The number of ether oxygens (including phenoxy) is 1. The molecule has 0 saturated heterocycles. The molecule has 0 bridgehead atoms. The van der Waals surface area contributed by atoms with Gasteiger partial charge in [0.15, 0.2) is 0 Å². The highest BCUT2D eigenvalue weighted by molar-refractivity contribution is 5.14. The van der Waals surface area contributed by atoms with E-state index in [1.54, 1.807) is 7.11 Å². The Balaban J connectivity index is 2.21. The van der Waals surface area contributed by atoms with Crippen LogP contribution >= 0.6 is 0 Å². The third-order valence-corrected chi connectivity index (χ3v) is 2.09. The minimum atomic E-state index is 0.551. The van der Waals surface area contributed by atoms with E-state index in [9.17, 15) is 0 Å². The van der Waals surface area contributed by atoms with E-state index in [1.807, 2.05) is 24.9 Å². The maximum atomic E-state index is 5.13. The molecular formula is C9H17N3O2. The second kappa shape index (κ2) is 5.74. The van der Waals surface area contributed by atoms with Crippen molar-refractivity contribution in [1.82, 2.24) is 15.3 Å². The average molecular weight is 199 g/mol. The number of methoxy groups -OCH3 is 1. The molecule has 0 unspecified atom stereocenters. The molecule has 0 radical (unpaired) electrons. The lowest BCUT2D eigenvalue weighted by molar-refractivity contribution is 0.00338. The minimum Gasteiger partial charge on any atom is -0.382 e. The molecule has 0 fully saturated rings. The lowest BCUT2D eigenvalue weighted by Crippen LogP contribution is -2.17. The fourth-order valence-electron chi connectivity index (χ4n) is 1.04. The van der Waals surface area contributed by atoms with Crippen molar-refractivity contribution in [2.45, 2.75) is 13.5 Å². The highest BCUT2D eigenvalue weighted by Gasteiger charge is 2.02. The number of hydrogen-bond donors (Lipinski definition) is 1. The summed E-state index contributed by atoms with van der Waals surface area (Å²) in [5.41, 5.74) is 5.15. The van der Waals surface area contributed by atoms with Gasteiger partial charge in [0.05, 0.1) is 19.4 Å². The van der Waals surface area contributed by atoms with Crippen LogP contribution in [-0.4, -0.2) is 30.1 Å². The van der Waals surface area contributed by atoms with Crippen molar-refractivity contribution in [2.75, 3.05) is 20.3 Å². The predicted molar refractivity (Wildman–Crippen MR) is 52.6 cm³/mol. The zero-order chi connectivity index (χ0) is 10.4. The molecule has 0 atom stereocenters. The molecule has 0 amide bonds. The molecule has 1 aromatic rings. The van der Waals surface area contributed by atoms with Gasteiger partial charge >= 0.3 is 0 Å². The summed E-state index contributed by atoms with van der Waals surface area (Å²) in [6.07, 6.45) is 1.84. The van der Waals surface area contributed by atoms with Crippen LogP contribution in [0.15, 0.2) is 6.20 Å². The van der Waals surface area contributed by atoms with Crippen molar-refractivity contribution >= 4 is 0 Å². The monoisotopic (exact) mass is 199 g/mol. The first kappa shape index (κ1) is 11.2. The number of nitrogens with one attached hydrogen (secondary N) is 1. The average Bonchev–Trinajstić information content (AvgIpc) is 2.49. The molecule has 1 N–H and O–H groups in total. The van der Waals surface area contributed by atoms with Crippen LogP contribution in [0.2, 0.25) is 0 Å². The third-order valence-electron chi connectivity index (χ3n) is 2.09. The van der Waals surface area contributed by atoms with Crippen LogP contribution in [0.1, 0.15) is 11.3 Å². The summed E-state index contributed by atoms with van der Waals surface area (Å²) in [6.45, 7) is 3.84. The fourth-order valence-corrected chi connectivity index (χ4v) is 1.04. The summed E-state index contributed by atoms with van der Waals surface area (Å²) in [5.74, 6) is 0. The Morgan fingerprint density at radius 2 is 2.29 bits per heavy atom. The molecule has 1 rings (SSSR count). The van der Waals surface area contributed by atoms with Crippen molar-refractivity contribution in [1.29, 1.82) is 0 Å². The first-order valence-electron chi connectivity index (χ1n) is 4.56. The maximum Gasteiger partial charge on any atom is 0.0916 e. The minimum absolute atomic E-state index is 0.551. The van der Waals surface area contributed by atoms with Crippen LogP contribution in [0, 0.1) is 6.92 Å². The van der Waals surface area contributed by atoms with Crippen molar-refractivity contribution in [3.63, 3.8) is 0 Å². The lowest BCUT2D eigenvalue weighted by atomic mass is 10.3. The van der Waals surface area contributed by atoms with E-state index < -0.39 is 0 Å². The van der Waals surface area contributed by atoms with Gasteiger partial charge in [0, 0.05) is 32.0 Å². The Bertz CT molecular complexity index is 273. The molecule has 0 aliphatic heterocycles. The van der Waals surface area contributed by atoms with Gasteiger partial charge in [-0.3, -0.25) is 9.52 Å². The molecule has 0 aliphatic carbocycles. The molecular weight excluding hydrogens is 182 g/mol. The summed E-state index contributed by atoms with van der Waals surface area (Å²) in [4.78, 5) is 5.13. The normalized spacial score (nSPS) is 10.8. The van der Waals surface area contributed by atoms with Crippen molar-refractivity contribution in [2.24, 2.45) is 7.05 Å². The molecule has 1 heterocycles. The number of nitrogens with zero attached hydrogens (tertiary/aromatic N) is 2. The predicted octanol–water partition coefficient (Wildman–Crippen LogP) is 0.396. The van der Waals surface area contributed by atoms with E-state index in [4.69, 9.17) is 9.57 Å². The highest BCUT2D eigenvalue weighted by Crippen LogP contribution is 2.04. The van der Waals surface area contributed by atoms with Crippen LogP contribution in [0.3, 0.4) is 0 Å². The molecule has 0 aromatic carbocycles. The van der Waals surface area contributed by atoms with Gasteiger partial charge in [-0.1, -0.05) is 0 Å². The Kier molecular flexibility index (Phi) is 4.58. The van der Waals surface area contributed by atoms with Crippen LogP contribution in [0.25, 0.3) is 0 Å². The second-order valence-electron chi connectivity index (χ2n) is 3.04. The molecule has 5 heteroatoms. The Hall–Kier alpha value is -0.910. The third kappa shape index (κ3) is 3.10. The number of rotatable bonds is 6. The van der Waals surface area contributed by atoms with Crippen LogP contribution in [0.4, 0.5) is 0 Å². The molecule has 80 valence electrons. The summed E-state index contributed by atoms with van der Waals surface area (Å²) in [7, 11) is 3.57. The second-order valence-corrected chi connectivity index (χ2v) is 3.04. The highest BCUT2D eigenvalue weighted by atomic mass is 16.7. The van der Waals surface area contributed by atoms with Crippen molar-refractivity contribution in [3.8, 4) is 0 Å². The van der Waals surface area contributed by atoms with Gasteiger partial charge in [-0.2, -0.15) is 10.6 Å². The maximum absolute atomic E-state index is 5.13. The molecule has 1 aromatic heterocycles. The van der Waals surface area contributed by atoms with Gasteiger partial charge < -0.3 is 4.74 Å². The number of hydroxylamine groups is 1. The van der Waals surface area contributed by atoms with E-state index >= 15 is 0 Å². The van der Waals surface area contributed by atoms with Crippen molar-refractivity contribution < 1.29 is 9.57 Å². The first-order chi connectivity index (χ1) is 6.75. The molecule has 0 saturated carbocycles. The Morgan fingerprint density at radius 3 is 2.86 bits per heavy atom. The zero-order valence-corrected chi connectivity index (χ0v) is 8.91. The number of aryl methyl sites for hydroxylation is 1. The topological polar surface area (TPSA) is 48.3 Å². The number of aromatic nitrogens is 2. The van der Waals surface area contributed by atoms with Gasteiger partial charge in [-0.15, -0.1) is 0 Å². The molecule has 5 nitrogen and oxygen atoms in total. The summed E-state index contributed by atoms with van der Waals surface area (Å²) in [5, 5.41) is 4.13. The standard InChI is InChI=1S/C9H17N3O2/c1-8-9(6-10-12(8)2)7-11-14-5-4-13-3/h6,11H,4-5,7H2,1-3H3. The van der Waals surface area contributed by atoms with Gasteiger partial charge in [0.2, 0.25) is 0 Å². The van der Waals surface area contributed by atoms with Crippen LogP contribution < -0.4 is 5.48 Å². The Labute approximate surface area is 84.0 Å². The largest absolute Gasteiger partial charge is 0.382 e. The SMILES string of the molecule is COCCONCc1cnn(C)c1C. The van der Waals surface area contributed by atoms with Gasteiger partial charge in [0.25, 0.3) is 0 Å². The molecule has 0 aliphatic rings. The van der Waals surface area contributed by atoms with E-state index in [0.29, 0.717) is 19.8 Å². The van der Waals surface area contributed by atoms with Gasteiger partial charge in [0.1, 0.15) is 0 Å². The Morgan fingerprint density at radius 1 is 1.50 bits per heavy atom. The van der Waals surface area contributed by atoms with Gasteiger partial charge in [-0.05, 0) is 6.92 Å². The summed E-state index contributed by atoms with van der Waals surface area (Å²) in [6, 6.07) is 0. The summed E-state index contributed by atoms with van der Waals surface area (Å²) >= 11 is 0. The van der Waals surface area contributed by atoms with Crippen LogP contribution in [0.5, 0.6) is 0 Å². The van der Waals surface area contributed by atoms with Gasteiger partial charge in [-0.25, -0.2) is 0 Å². The van der Waals surface area contributed by atoms with Crippen molar-refractivity contribution in [3.05, 3.63) is 17.5 Å². The fraction of sp³-hybridized carbons (Fsp3) is 0.667. The lowest BCUT2D eigenvalue weighted by Gasteiger charge is -2.04. The van der Waals surface area contributed by atoms with E-state index in [2.05, 4.69) is 10.6 Å². The first-order valence-corrected chi connectivity index (χ1v) is 4.56. The quantitative estimate of drug-likeness (QED) is 0.532. The van der Waals surface area contributed by atoms with Crippen LogP contribution in [-0.2, 0) is 23.2 Å². The zero-order valence-electron chi connectivity index (χ0n) is 8.91. The van der Waals surface area contributed by atoms with E-state index in [-0.39, 0.29) is 0 Å². The van der Waals surface area contributed by atoms with E-state index in [0.717, 1.165) is 11.3 Å². The molecule has 14 heavy (non-hydrogen) atoms. The molecule has 0 spiro atoms. The van der Waals surface area contributed by atoms with E-state index in [1.165, 1.54) is 0 Å².